The SMILES string of the molecule is O=C(Oc1cc2ccccc2s1)c1cc2cn[nH]c2cc1F. The van der Waals surface area contributed by atoms with Crippen molar-refractivity contribution in [1.29, 1.82) is 0 Å². The van der Waals surface area contributed by atoms with Crippen molar-refractivity contribution in [2.75, 3.05) is 0 Å². The number of ether oxygens (including phenoxy) is 1. The van der Waals surface area contributed by atoms with Gasteiger partial charge < -0.3 is 4.74 Å². The number of hydrogen-bond donors (Lipinski definition) is 1. The van der Waals surface area contributed by atoms with Gasteiger partial charge in [-0.15, -0.1) is 0 Å². The highest BCUT2D eigenvalue weighted by Gasteiger charge is 2.17. The number of nitrogens with one attached hydrogen (secondary N) is 1. The number of carbonyl (C=O) groups excluding carboxylic acids is 1. The summed E-state index contributed by atoms with van der Waals surface area (Å²) in [5.41, 5.74) is 0.433. The lowest BCUT2D eigenvalue weighted by Gasteiger charge is -2.03. The number of rotatable bonds is 2. The topological polar surface area (TPSA) is 55.0 Å². The van der Waals surface area contributed by atoms with E-state index in [0.717, 1.165) is 10.1 Å². The largest absolute Gasteiger partial charge is 0.412 e. The van der Waals surface area contributed by atoms with Crippen molar-refractivity contribution in [3.63, 3.8) is 0 Å². The van der Waals surface area contributed by atoms with E-state index in [1.54, 1.807) is 6.07 Å². The number of halogens is 1. The average molecular weight is 312 g/mol. The summed E-state index contributed by atoms with van der Waals surface area (Å²) in [5.74, 6) is -1.35. The van der Waals surface area contributed by atoms with Gasteiger partial charge in [-0.05, 0) is 17.5 Å². The molecule has 0 aliphatic carbocycles. The Morgan fingerprint density at radius 1 is 1.18 bits per heavy atom. The molecule has 1 N–H and O–H groups in total. The zero-order valence-electron chi connectivity index (χ0n) is 11.2. The van der Waals surface area contributed by atoms with Crippen LogP contribution in [0, 0.1) is 5.82 Å². The third-order valence-electron chi connectivity index (χ3n) is 3.34. The number of nitrogens with zero attached hydrogens (tertiary/aromatic N) is 1. The Labute approximate surface area is 128 Å². The first kappa shape index (κ1) is 13.0. The summed E-state index contributed by atoms with van der Waals surface area (Å²) in [4.78, 5) is 12.2. The summed E-state index contributed by atoms with van der Waals surface area (Å²) in [6, 6.07) is 12.1. The first-order chi connectivity index (χ1) is 10.7. The van der Waals surface area contributed by atoms with E-state index in [2.05, 4.69) is 10.2 Å². The van der Waals surface area contributed by atoms with Crippen molar-refractivity contribution in [2.45, 2.75) is 0 Å². The maximum absolute atomic E-state index is 14.0. The average Bonchev–Trinajstić information content (AvgIpc) is 3.11. The molecule has 6 heteroatoms. The van der Waals surface area contributed by atoms with E-state index in [4.69, 9.17) is 4.74 Å². The third-order valence-corrected chi connectivity index (χ3v) is 4.34. The van der Waals surface area contributed by atoms with Gasteiger partial charge in [-0.2, -0.15) is 5.10 Å². The number of hydrogen-bond acceptors (Lipinski definition) is 4. The molecule has 2 aromatic heterocycles. The molecule has 0 radical (unpaired) electrons. The monoisotopic (exact) mass is 312 g/mol. The van der Waals surface area contributed by atoms with Crippen molar-refractivity contribution in [1.82, 2.24) is 10.2 Å². The van der Waals surface area contributed by atoms with E-state index in [0.29, 0.717) is 16.0 Å². The molecule has 22 heavy (non-hydrogen) atoms. The molecule has 0 aliphatic rings. The maximum atomic E-state index is 14.0. The van der Waals surface area contributed by atoms with Crippen LogP contribution in [0.25, 0.3) is 21.0 Å². The highest BCUT2D eigenvalue weighted by Crippen LogP contribution is 2.32. The number of aromatic amines is 1. The molecule has 0 atom stereocenters. The second kappa shape index (κ2) is 4.92. The highest BCUT2D eigenvalue weighted by atomic mass is 32.1. The van der Waals surface area contributed by atoms with E-state index in [1.807, 2.05) is 24.3 Å². The van der Waals surface area contributed by atoms with Gasteiger partial charge in [0.25, 0.3) is 0 Å². The molecule has 0 saturated heterocycles. The molecule has 4 aromatic rings. The van der Waals surface area contributed by atoms with E-state index >= 15 is 0 Å². The summed E-state index contributed by atoms with van der Waals surface area (Å²) in [6.07, 6.45) is 1.53. The fourth-order valence-electron chi connectivity index (χ4n) is 2.28. The minimum atomic E-state index is -0.716. The molecular formula is C16H9FN2O2S. The quantitative estimate of drug-likeness (QED) is 0.566. The van der Waals surface area contributed by atoms with Gasteiger partial charge in [0.15, 0.2) is 5.06 Å². The van der Waals surface area contributed by atoms with Gasteiger partial charge in [0.2, 0.25) is 0 Å². The number of aromatic nitrogens is 2. The predicted molar refractivity (Wildman–Crippen MR) is 82.8 cm³/mol. The van der Waals surface area contributed by atoms with Crippen molar-refractivity contribution in [2.24, 2.45) is 0 Å². The van der Waals surface area contributed by atoms with Crippen LogP contribution in [0.5, 0.6) is 5.06 Å². The molecule has 0 aliphatic heterocycles. The molecule has 4 nitrogen and oxygen atoms in total. The lowest BCUT2D eigenvalue weighted by Crippen LogP contribution is -2.09. The number of fused-ring (bicyclic) bond motifs is 2. The van der Waals surface area contributed by atoms with Gasteiger partial charge in [-0.25, -0.2) is 9.18 Å². The lowest BCUT2D eigenvalue weighted by atomic mass is 10.1. The molecule has 0 unspecified atom stereocenters. The fraction of sp³-hybridized carbons (Fsp3) is 0. The normalized spacial score (nSPS) is 11.1. The number of benzene rings is 2. The third kappa shape index (κ3) is 2.14. The van der Waals surface area contributed by atoms with Crippen LogP contribution in [-0.4, -0.2) is 16.2 Å². The van der Waals surface area contributed by atoms with Gasteiger partial charge in [0, 0.05) is 22.2 Å². The first-order valence-corrected chi connectivity index (χ1v) is 7.36. The van der Waals surface area contributed by atoms with Crippen LogP contribution >= 0.6 is 11.3 Å². The Kier molecular flexibility index (Phi) is 2.90. The van der Waals surface area contributed by atoms with Gasteiger partial charge in [-0.3, -0.25) is 5.10 Å². The first-order valence-electron chi connectivity index (χ1n) is 6.54. The van der Waals surface area contributed by atoms with E-state index in [1.165, 1.54) is 29.7 Å². The summed E-state index contributed by atoms with van der Waals surface area (Å²) in [7, 11) is 0. The van der Waals surface area contributed by atoms with Crippen LogP contribution in [0.3, 0.4) is 0 Å². The molecule has 2 aromatic carbocycles. The Bertz CT molecular complexity index is 973. The van der Waals surface area contributed by atoms with Crippen LogP contribution in [0.2, 0.25) is 0 Å². The molecule has 0 amide bonds. The van der Waals surface area contributed by atoms with E-state index in [9.17, 15) is 9.18 Å². The van der Waals surface area contributed by atoms with Gasteiger partial charge >= 0.3 is 5.97 Å². The zero-order chi connectivity index (χ0) is 15.1. The summed E-state index contributed by atoms with van der Waals surface area (Å²) < 4.78 is 20.3. The van der Waals surface area contributed by atoms with Crippen LogP contribution < -0.4 is 4.74 Å². The second-order valence-electron chi connectivity index (χ2n) is 4.78. The van der Waals surface area contributed by atoms with Crippen molar-refractivity contribution >= 4 is 38.3 Å². The van der Waals surface area contributed by atoms with E-state index in [-0.39, 0.29) is 5.56 Å². The number of esters is 1. The smallest absolute Gasteiger partial charge is 0.347 e. The fourth-order valence-corrected chi connectivity index (χ4v) is 3.19. The Balaban J connectivity index is 1.69. The van der Waals surface area contributed by atoms with Crippen LogP contribution in [0.4, 0.5) is 4.39 Å². The van der Waals surface area contributed by atoms with Crippen molar-refractivity contribution in [3.05, 3.63) is 60.0 Å². The molecule has 0 fully saturated rings. The predicted octanol–water partition coefficient (Wildman–Crippen LogP) is 4.14. The van der Waals surface area contributed by atoms with E-state index < -0.39 is 11.8 Å². The molecule has 0 saturated carbocycles. The molecule has 0 bridgehead atoms. The van der Waals surface area contributed by atoms with Crippen LogP contribution in [-0.2, 0) is 0 Å². The summed E-state index contributed by atoms with van der Waals surface area (Å²) in [6.45, 7) is 0. The maximum Gasteiger partial charge on any atom is 0.347 e. The highest BCUT2D eigenvalue weighted by molar-refractivity contribution is 7.20. The molecule has 0 spiro atoms. The summed E-state index contributed by atoms with van der Waals surface area (Å²) in [5, 5.41) is 8.55. The van der Waals surface area contributed by atoms with Crippen molar-refractivity contribution in [3.8, 4) is 5.06 Å². The van der Waals surface area contributed by atoms with Crippen LogP contribution in [0.1, 0.15) is 10.4 Å². The summed E-state index contributed by atoms with van der Waals surface area (Å²) >= 11 is 1.35. The standard InChI is InChI=1S/C16H9FN2O2S/c17-12-7-13-10(8-18-19-13)5-11(12)16(20)21-15-6-9-3-1-2-4-14(9)22-15/h1-8H,(H,18,19). The number of thiophene rings is 1. The van der Waals surface area contributed by atoms with Gasteiger partial charge in [-0.1, -0.05) is 29.5 Å². The Morgan fingerprint density at radius 3 is 2.91 bits per heavy atom. The van der Waals surface area contributed by atoms with Crippen molar-refractivity contribution < 1.29 is 13.9 Å². The zero-order valence-corrected chi connectivity index (χ0v) is 12.0. The molecule has 108 valence electrons. The number of carbonyl (C=O) groups is 1. The Hall–Kier alpha value is -2.73. The molecule has 4 rings (SSSR count). The lowest BCUT2D eigenvalue weighted by molar-refractivity contribution is 0.0736. The Morgan fingerprint density at radius 2 is 2.05 bits per heavy atom. The van der Waals surface area contributed by atoms with Crippen LogP contribution in [0.15, 0.2) is 48.7 Å². The minimum Gasteiger partial charge on any atom is -0.412 e. The second-order valence-corrected chi connectivity index (χ2v) is 5.83. The molecular weight excluding hydrogens is 303 g/mol. The minimum absolute atomic E-state index is 0.105. The van der Waals surface area contributed by atoms with Gasteiger partial charge in [0.05, 0.1) is 17.3 Å². The van der Waals surface area contributed by atoms with Gasteiger partial charge in [0.1, 0.15) is 5.82 Å². The number of H-pyrrole nitrogens is 1. The molecule has 2 heterocycles.